The van der Waals surface area contributed by atoms with Crippen LogP contribution < -0.4 is 0 Å². The highest BCUT2D eigenvalue weighted by Gasteiger charge is 2.07. The standard InChI is InChI=1S/C15H15FN2O/c1-11-3-4-15(19-11)10-18(2)9-13-5-12(8-17)6-14(16)7-13/h3-7H,9-10H2,1-2H3. The summed E-state index contributed by atoms with van der Waals surface area (Å²) in [6.45, 7) is 3.10. The maximum atomic E-state index is 13.3. The van der Waals surface area contributed by atoms with Crippen LogP contribution in [0.25, 0.3) is 0 Å². The van der Waals surface area contributed by atoms with E-state index in [1.165, 1.54) is 12.1 Å². The van der Waals surface area contributed by atoms with Crippen molar-refractivity contribution in [2.75, 3.05) is 7.05 Å². The molecule has 3 nitrogen and oxygen atoms in total. The number of hydrogen-bond donors (Lipinski definition) is 0. The van der Waals surface area contributed by atoms with Crippen LogP contribution in [-0.4, -0.2) is 11.9 Å². The Morgan fingerprint density at radius 2 is 2.05 bits per heavy atom. The molecule has 0 amide bonds. The van der Waals surface area contributed by atoms with Crippen LogP contribution in [0, 0.1) is 24.1 Å². The Kier molecular flexibility index (Phi) is 3.98. The van der Waals surface area contributed by atoms with E-state index in [1.807, 2.05) is 37.1 Å². The highest BCUT2D eigenvalue weighted by Crippen LogP contribution is 2.13. The van der Waals surface area contributed by atoms with Crippen molar-refractivity contribution in [1.82, 2.24) is 4.90 Å². The van der Waals surface area contributed by atoms with Gasteiger partial charge in [0.15, 0.2) is 0 Å². The summed E-state index contributed by atoms with van der Waals surface area (Å²) in [7, 11) is 1.93. The van der Waals surface area contributed by atoms with Crippen molar-refractivity contribution in [2.45, 2.75) is 20.0 Å². The molecule has 98 valence electrons. The Bertz CT molecular complexity index is 613. The zero-order valence-electron chi connectivity index (χ0n) is 11.0. The minimum Gasteiger partial charge on any atom is -0.465 e. The molecule has 0 fully saturated rings. The SMILES string of the molecule is Cc1ccc(CN(C)Cc2cc(F)cc(C#N)c2)o1. The molecule has 0 spiro atoms. The number of nitriles is 1. The second-order valence-corrected chi connectivity index (χ2v) is 4.64. The van der Waals surface area contributed by atoms with Crippen LogP contribution in [0.5, 0.6) is 0 Å². The van der Waals surface area contributed by atoms with E-state index in [2.05, 4.69) is 0 Å². The maximum absolute atomic E-state index is 13.3. The molecule has 1 aromatic carbocycles. The highest BCUT2D eigenvalue weighted by molar-refractivity contribution is 5.33. The van der Waals surface area contributed by atoms with Gasteiger partial charge < -0.3 is 4.42 Å². The molecule has 0 radical (unpaired) electrons. The molecule has 0 unspecified atom stereocenters. The average molecular weight is 258 g/mol. The molecule has 0 N–H and O–H groups in total. The molecule has 0 bridgehead atoms. The predicted molar refractivity (Wildman–Crippen MR) is 69.7 cm³/mol. The van der Waals surface area contributed by atoms with Crippen molar-refractivity contribution in [3.8, 4) is 6.07 Å². The van der Waals surface area contributed by atoms with Crippen molar-refractivity contribution in [3.63, 3.8) is 0 Å². The summed E-state index contributed by atoms with van der Waals surface area (Å²) in [5.41, 5.74) is 1.12. The number of nitrogens with zero attached hydrogens (tertiary/aromatic N) is 2. The summed E-state index contributed by atoms with van der Waals surface area (Å²) in [6, 6.07) is 10.2. The number of aryl methyl sites for hydroxylation is 1. The molecule has 19 heavy (non-hydrogen) atoms. The number of benzene rings is 1. The van der Waals surface area contributed by atoms with Crippen LogP contribution in [0.3, 0.4) is 0 Å². The first-order valence-corrected chi connectivity index (χ1v) is 6.00. The Hall–Kier alpha value is -2.12. The molecule has 0 atom stereocenters. The van der Waals surface area contributed by atoms with Crippen molar-refractivity contribution in [1.29, 1.82) is 5.26 Å². The van der Waals surface area contributed by atoms with E-state index in [1.54, 1.807) is 6.07 Å². The number of furan rings is 1. The second kappa shape index (κ2) is 5.68. The molecular formula is C15H15FN2O. The zero-order valence-corrected chi connectivity index (χ0v) is 11.0. The van der Waals surface area contributed by atoms with E-state index < -0.39 is 0 Å². The summed E-state index contributed by atoms with van der Waals surface area (Å²) in [5, 5.41) is 8.81. The van der Waals surface area contributed by atoms with Gasteiger partial charge in [0.1, 0.15) is 17.3 Å². The smallest absolute Gasteiger partial charge is 0.124 e. The fourth-order valence-electron chi connectivity index (χ4n) is 2.01. The lowest BCUT2D eigenvalue weighted by molar-refractivity contribution is 0.285. The minimum absolute atomic E-state index is 0.345. The fourth-order valence-corrected chi connectivity index (χ4v) is 2.01. The molecular weight excluding hydrogens is 243 g/mol. The van der Waals surface area contributed by atoms with E-state index >= 15 is 0 Å². The van der Waals surface area contributed by atoms with Crippen LogP contribution in [-0.2, 0) is 13.1 Å². The van der Waals surface area contributed by atoms with Gasteiger partial charge in [-0.2, -0.15) is 5.26 Å². The van der Waals surface area contributed by atoms with Gasteiger partial charge >= 0.3 is 0 Å². The van der Waals surface area contributed by atoms with Gasteiger partial charge in [-0.3, -0.25) is 4.90 Å². The van der Waals surface area contributed by atoms with E-state index in [9.17, 15) is 4.39 Å². The number of halogens is 1. The quantitative estimate of drug-likeness (QED) is 0.845. The summed E-state index contributed by atoms with van der Waals surface area (Å²) < 4.78 is 18.8. The Labute approximate surface area is 111 Å². The average Bonchev–Trinajstić information content (AvgIpc) is 2.73. The molecule has 0 saturated heterocycles. The zero-order chi connectivity index (χ0) is 13.8. The lowest BCUT2D eigenvalue weighted by atomic mass is 10.1. The highest BCUT2D eigenvalue weighted by atomic mass is 19.1. The monoisotopic (exact) mass is 258 g/mol. The summed E-state index contributed by atoms with van der Waals surface area (Å²) in [6.07, 6.45) is 0. The lowest BCUT2D eigenvalue weighted by Gasteiger charge is -2.15. The van der Waals surface area contributed by atoms with E-state index in [4.69, 9.17) is 9.68 Å². The van der Waals surface area contributed by atoms with Crippen LogP contribution in [0.4, 0.5) is 4.39 Å². The van der Waals surface area contributed by atoms with Gasteiger partial charge in [0.05, 0.1) is 18.2 Å². The normalized spacial score (nSPS) is 10.7. The molecule has 4 heteroatoms. The number of hydrogen-bond acceptors (Lipinski definition) is 3. The third-order valence-electron chi connectivity index (χ3n) is 2.76. The largest absolute Gasteiger partial charge is 0.465 e. The molecule has 0 aliphatic carbocycles. The lowest BCUT2D eigenvalue weighted by Crippen LogP contribution is -2.17. The van der Waals surface area contributed by atoms with Crippen molar-refractivity contribution >= 4 is 0 Å². The van der Waals surface area contributed by atoms with Crippen molar-refractivity contribution in [3.05, 3.63) is 58.8 Å². The molecule has 0 aliphatic rings. The van der Waals surface area contributed by atoms with Gasteiger partial charge in [0.2, 0.25) is 0 Å². The van der Waals surface area contributed by atoms with Gasteiger partial charge in [-0.15, -0.1) is 0 Å². The van der Waals surface area contributed by atoms with Crippen molar-refractivity contribution in [2.24, 2.45) is 0 Å². The van der Waals surface area contributed by atoms with Crippen LogP contribution >= 0.6 is 0 Å². The molecule has 0 saturated carbocycles. The van der Waals surface area contributed by atoms with Gasteiger partial charge in [-0.1, -0.05) is 0 Å². The Morgan fingerprint density at radius 1 is 1.26 bits per heavy atom. The summed E-state index contributed by atoms with van der Waals surface area (Å²) in [4.78, 5) is 2.01. The topological polar surface area (TPSA) is 40.2 Å². The van der Waals surface area contributed by atoms with Gasteiger partial charge in [0.25, 0.3) is 0 Å². The van der Waals surface area contributed by atoms with E-state index in [-0.39, 0.29) is 5.82 Å². The van der Waals surface area contributed by atoms with Crippen LogP contribution in [0.1, 0.15) is 22.6 Å². The van der Waals surface area contributed by atoms with E-state index in [0.717, 1.165) is 17.1 Å². The third-order valence-corrected chi connectivity index (χ3v) is 2.76. The molecule has 1 aromatic heterocycles. The predicted octanol–water partition coefficient (Wildman–Crippen LogP) is 3.23. The molecule has 2 aromatic rings. The first-order chi connectivity index (χ1) is 9.06. The molecule has 2 rings (SSSR count). The summed E-state index contributed by atoms with van der Waals surface area (Å²) >= 11 is 0. The van der Waals surface area contributed by atoms with Crippen molar-refractivity contribution < 1.29 is 8.81 Å². The first kappa shape index (κ1) is 13.3. The molecule has 1 heterocycles. The maximum Gasteiger partial charge on any atom is 0.124 e. The van der Waals surface area contributed by atoms with Gasteiger partial charge in [0, 0.05) is 6.54 Å². The van der Waals surface area contributed by atoms with Crippen LogP contribution in [0.15, 0.2) is 34.7 Å². The minimum atomic E-state index is -0.378. The van der Waals surface area contributed by atoms with E-state index in [0.29, 0.717) is 18.7 Å². The first-order valence-electron chi connectivity index (χ1n) is 6.00. The second-order valence-electron chi connectivity index (χ2n) is 4.64. The van der Waals surface area contributed by atoms with Gasteiger partial charge in [-0.05, 0) is 49.9 Å². The molecule has 0 aliphatic heterocycles. The number of rotatable bonds is 4. The fraction of sp³-hybridized carbons (Fsp3) is 0.267. The third kappa shape index (κ3) is 3.67. The summed E-state index contributed by atoms with van der Waals surface area (Å²) in [5.74, 6) is 1.37. The Morgan fingerprint density at radius 3 is 2.68 bits per heavy atom. The van der Waals surface area contributed by atoms with Crippen LogP contribution in [0.2, 0.25) is 0 Å². The van der Waals surface area contributed by atoms with Gasteiger partial charge in [-0.25, -0.2) is 4.39 Å². The Balaban J connectivity index is 2.04.